The molecule has 0 radical (unpaired) electrons. The van der Waals surface area contributed by atoms with Crippen LogP contribution >= 0.6 is 0 Å². The molecular weight excluding hydrogens is 304 g/mol. The van der Waals surface area contributed by atoms with E-state index in [0.29, 0.717) is 19.6 Å². The smallest absolute Gasteiger partial charge is 0.221 e. The fourth-order valence-electron chi connectivity index (χ4n) is 2.35. The monoisotopic (exact) mass is 326 g/mol. The van der Waals surface area contributed by atoms with Gasteiger partial charge in [0.15, 0.2) is 9.84 Å². The first-order valence-electron chi connectivity index (χ1n) is 7.33. The maximum absolute atomic E-state index is 12.1. The topological polar surface area (TPSA) is 95.5 Å². The van der Waals surface area contributed by atoms with Crippen LogP contribution in [0.3, 0.4) is 0 Å². The van der Waals surface area contributed by atoms with Gasteiger partial charge < -0.3 is 15.7 Å². The average molecular weight is 326 g/mol. The minimum Gasteiger partial charge on any atom is -0.391 e. The van der Waals surface area contributed by atoms with Gasteiger partial charge in [-0.05, 0) is 19.1 Å². The van der Waals surface area contributed by atoms with Crippen LogP contribution in [0.5, 0.6) is 0 Å². The molecule has 0 aromatic heterocycles. The molecule has 0 aliphatic carbocycles. The highest BCUT2D eigenvalue weighted by atomic mass is 32.2. The molecule has 7 heteroatoms. The van der Waals surface area contributed by atoms with Crippen molar-refractivity contribution in [3.8, 4) is 0 Å². The van der Waals surface area contributed by atoms with Crippen molar-refractivity contribution < 1.29 is 18.3 Å². The molecule has 22 heavy (non-hydrogen) atoms. The SMILES string of the molecule is Cc1ccc(S(=O)(=O)CCC(=O)NCC2CNCC2O)cc1. The Morgan fingerprint density at radius 3 is 2.59 bits per heavy atom. The van der Waals surface area contributed by atoms with Crippen molar-refractivity contribution in [3.63, 3.8) is 0 Å². The Morgan fingerprint density at radius 2 is 2.00 bits per heavy atom. The van der Waals surface area contributed by atoms with Crippen LogP contribution in [-0.4, -0.2) is 50.9 Å². The number of carbonyl (C=O) groups excluding carboxylic acids is 1. The van der Waals surface area contributed by atoms with Crippen LogP contribution in [0.2, 0.25) is 0 Å². The molecule has 2 rings (SSSR count). The number of aryl methyl sites for hydroxylation is 1. The summed E-state index contributed by atoms with van der Waals surface area (Å²) in [5.41, 5.74) is 0.987. The second kappa shape index (κ2) is 7.21. The Balaban J connectivity index is 1.81. The first kappa shape index (κ1) is 16.9. The molecule has 1 aromatic carbocycles. The number of carbonyl (C=O) groups is 1. The Morgan fingerprint density at radius 1 is 1.32 bits per heavy atom. The lowest BCUT2D eigenvalue weighted by atomic mass is 10.1. The van der Waals surface area contributed by atoms with Gasteiger partial charge >= 0.3 is 0 Å². The third kappa shape index (κ3) is 4.53. The van der Waals surface area contributed by atoms with E-state index in [1.165, 1.54) is 0 Å². The summed E-state index contributed by atoms with van der Waals surface area (Å²) in [6.07, 6.45) is -0.538. The number of amides is 1. The fourth-order valence-corrected chi connectivity index (χ4v) is 3.59. The molecule has 1 aliphatic heterocycles. The predicted octanol–water partition coefficient (Wildman–Crippen LogP) is -0.145. The highest BCUT2D eigenvalue weighted by Crippen LogP contribution is 2.13. The van der Waals surface area contributed by atoms with Crippen LogP contribution in [0.4, 0.5) is 0 Å². The molecule has 0 spiro atoms. The lowest BCUT2D eigenvalue weighted by molar-refractivity contribution is -0.120. The minimum absolute atomic E-state index is 0.0161. The van der Waals surface area contributed by atoms with Gasteiger partial charge in [0.05, 0.1) is 16.8 Å². The molecule has 1 fully saturated rings. The number of hydrogen-bond acceptors (Lipinski definition) is 5. The second-order valence-corrected chi connectivity index (χ2v) is 7.78. The Bertz CT molecular complexity index is 613. The lowest BCUT2D eigenvalue weighted by Gasteiger charge is -2.14. The van der Waals surface area contributed by atoms with Gasteiger partial charge in [-0.15, -0.1) is 0 Å². The van der Waals surface area contributed by atoms with Crippen molar-refractivity contribution >= 4 is 15.7 Å². The number of aliphatic hydroxyl groups is 1. The third-order valence-corrected chi connectivity index (χ3v) is 5.58. The molecule has 2 unspecified atom stereocenters. The van der Waals surface area contributed by atoms with E-state index in [9.17, 15) is 18.3 Å². The summed E-state index contributed by atoms with van der Waals surface area (Å²) in [5.74, 6) is -0.541. The van der Waals surface area contributed by atoms with Gasteiger partial charge in [-0.3, -0.25) is 4.79 Å². The molecule has 6 nitrogen and oxygen atoms in total. The van der Waals surface area contributed by atoms with E-state index in [-0.39, 0.29) is 28.9 Å². The maximum atomic E-state index is 12.1. The largest absolute Gasteiger partial charge is 0.391 e. The van der Waals surface area contributed by atoms with Crippen LogP contribution in [-0.2, 0) is 14.6 Å². The number of nitrogens with one attached hydrogen (secondary N) is 2. The number of hydrogen-bond donors (Lipinski definition) is 3. The van der Waals surface area contributed by atoms with E-state index in [1.54, 1.807) is 24.3 Å². The van der Waals surface area contributed by atoms with Crippen molar-refractivity contribution in [1.82, 2.24) is 10.6 Å². The maximum Gasteiger partial charge on any atom is 0.221 e. The zero-order valence-electron chi connectivity index (χ0n) is 12.6. The van der Waals surface area contributed by atoms with E-state index < -0.39 is 15.9 Å². The van der Waals surface area contributed by atoms with Gasteiger partial charge in [0, 0.05) is 32.0 Å². The van der Waals surface area contributed by atoms with Gasteiger partial charge in [-0.1, -0.05) is 17.7 Å². The van der Waals surface area contributed by atoms with E-state index in [4.69, 9.17) is 0 Å². The summed E-state index contributed by atoms with van der Waals surface area (Å²) in [4.78, 5) is 12.0. The third-order valence-electron chi connectivity index (χ3n) is 3.84. The molecule has 1 aromatic rings. The van der Waals surface area contributed by atoms with Crippen LogP contribution in [0.25, 0.3) is 0 Å². The summed E-state index contributed by atoms with van der Waals surface area (Å²) in [6, 6.07) is 6.59. The number of sulfone groups is 1. The molecule has 1 amide bonds. The molecule has 1 heterocycles. The minimum atomic E-state index is -3.44. The van der Waals surface area contributed by atoms with Crippen molar-refractivity contribution in [1.29, 1.82) is 0 Å². The van der Waals surface area contributed by atoms with Gasteiger partial charge in [-0.25, -0.2) is 8.42 Å². The number of aliphatic hydroxyl groups excluding tert-OH is 1. The Kier molecular flexibility index (Phi) is 5.55. The molecule has 2 atom stereocenters. The first-order valence-corrected chi connectivity index (χ1v) is 8.98. The first-order chi connectivity index (χ1) is 10.4. The fraction of sp³-hybridized carbons (Fsp3) is 0.533. The van der Waals surface area contributed by atoms with Crippen molar-refractivity contribution in [2.45, 2.75) is 24.3 Å². The summed E-state index contributed by atoms with van der Waals surface area (Å²) < 4.78 is 24.3. The molecule has 3 N–H and O–H groups in total. The second-order valence-electron chi connectivity index (χ2n) is 5.67. The van der Waals surface area contributed by atoms with E-state index in [0.717, 1.165) is 5.56 Å². The normalized spacial score (nSPS) is 21.7. The Hall–Kier alpha value is -1.44. The highest BCUT2D eigenvalue weighted by molar-refractivity contribution is 7.91. The van der Waals surface area contributed by atoms with Crippen LogP contribution in [0, 0.1) is 12.8 Å². The summed E-state index contributed by atoms with van der Waals surface area (Å²) in [5, 5.41) is 15.3. The summed E-state index contributed by atoms with van der Waals surface area (Å²) >= 11 is 0. The zero-order chi connectivity index (χ0) is 16.2. The molecule has 1 saturated heterocycles. The summed E-state index contributed by atoms with van der Waals surface area (Å²) in [7, 11) is -3.44. The average Bonchev–Trinajstić information content (AvgIpc) is 2.89. The van der Waals surface area contributed by atoms with Crippen molar-refractivity contribution in [2.24, 2.45) is 5.92 Å². The number of β-amino-alcohol motifs (C(OH)–C–C–N with tert-alkyl or cyclic N) is 1. The van der Waals surface area contributed by atoms with Crippen LogP contribution in [0.1, 0.15) is 12.0 Å². The molecule has 1 aliphatic rings. The van der Waals surface area contributed by atoms with E-state index >= 15 is 0 Å². The molecule has 0 bridgehead atoms. The van der Waals surface area contributed by atoms with Gasteiger partial charge in [0.2, 0.25) is 5.91 Å². The van der Waals surface area contributed by atoms with Crippen molar-refractivity contribution in [3.05, 3.63) is 29.8 Å². The Labute approximate surface area is 130 Å². The van der Waals surface area contributed by atoms with Gasteiger partial charge in [0.25, 0.3) is 0 Å². The van der Waals surface area contributed by atoms with Crippen LogP contribution < -0.4 is 10.6 Å². The van der Waals surface area contributed by atoms with Crippen molar-refractivity contribution in [2.75, 3.05) is 25.4 Å². The van der Waals surface area contributed by atoms with Crippen LogP contribution in [0.15, 0.2) is 29.2 Å². The molecule has 0 saturated carbocycles. The summed E-state index contributed by atoms with van der Waals surface area (Å²) in [6.45, 7) is 3.43. The lowest BCUT2D eigenvalue weighted by Crippen LogP contribution is -2.35. The molecule has 122 valence electrons. The van der Waals surface area contributed by atoms with Gasteiger partial charge in [-0.2, -0.15) is 0 Å². The standard InChI is InChI=1S/C15H22N2O4S/c1-11-2-4-13(5-3-11)22(20,21)7-6-15(19)17-9-12-8-16-10-14(12)18/h2-5,12,14,16,18H,6-10H2,1H3,(H,17,19). The quantitative estimate of drug-likeness (QED) is 0.676. The predicted molar refractivity (Wildman–Crippen MR) is 83.2 cm³/mol. The van der Waals surface area contributed by atoms with Gasteiger partial charge in [0.1, 0.15) is 0 Å². The van der Waals surface area contributed by atoms with E-state index in [2.05, 4.69) is 10.6 Å². The highest BCUT2D eigenvalue weighted by Gasteiger charge is 2.25. The zero-order valence-corrected chi connectivity index (χ0v) is 13.4. The van der Waals surface area contributed by atoms with E-state index in [1.807, 2.05) is 6.92 Å². The molecular formula is C15H22N2O4S. The number of benzene rings is 1. The number of rotatable bonds is 6.